The van der Waals surface area contributed by atoms with Crippen molar-refractivity contribution in [2.45, 2.75) is 0 Å². The molecule has 0 saturated carbocycles. The van der Waals surface area contributed by atoms with Gasteiger partial charge >= 0.3 is 0 Å². The Morgan fingerprint density at radius 1 is 0.264 bits per heavy atom. The van der Waals surface area contributed by atoms with Crippen molar-refractivity contribution >= 4 is 74.6 Å². The van der Waals surface area contributed by atoms with Crippen molar-refractivity contribution in [3.63, 3.8) is 0 Å². The Bertz CT molecular complexity index is 3160. The van der Waals surface area contributed by atoms with Crippen LogP contribution in [0.25, 0.3) is 108 Å². The molecule has 1 heterocycles. The quantitative estimate of drug-likeness (QED) is 0.162. The van der Waals surface area contributed by atoms with E-state index < -0.39 is 0 Å². The SMILES string of the molecule is c1ccc(-c2ccc3ccc(-c4c5ccccc5c(-c5cccc(-c6cccc7sc8cc9ccccc9cc8c67)c5)c5ccccc45)cc3c2)cc1. The zero-order chi connectivity index (χ0) is 34.9. The number of hydrogen-bond acceptors (Lipinski definition) is 1. The molecular formula is C52H32S. The van der Waals surface area contributed by atoms with Gasteiger partial charge in [0, 0.05) is 20.2 Å². The monoisotopic (exact) mass is 688 g/mol. The highest BCUT2D eigenvalue weighted by molar-refractivity contribution is 7.26. The van der Waals surface area contributed by atoms with Gasteiger partial charge in [-0.1, -0.05) is 158 Å². The maximum atomic E-state index is 2.41. The summed E-state index contributed by atoms with van der Waals surface area (Å²) in [7, 11) is 0. The van der Waals surface area contributed by atoms with Crippen LogP contribution in [0, 0.1) is 0 Å². The van der Waals surface area contributed by atoms with Crippen molar-refractivity contribution in [1.82, 2.24) is 0 Å². The van der Waals surface area contributed by atoms with Crippen molar-refractivity contribution in [3.8, 4) is 44.5 Å². The summed E-state index contributed by atoms with van der Waals surface area (Å²) in [5.41, 5.74) is 10.0. The maximum Gasteiger partial charge on any atom is 0.0362 e. The number of thiophene rings is 1. The average Bonchev–Trinajstić information content (AvgIpc) is 3.59. The van der Waals surface area contributed by atoms with E-state index in [2.05, 4.69) is 194 Å². The minimum Gasteiger partial charge on any atom is -0.135 e. The Kier molecular flexibility index (Phi) is 6.83. The molecule has 0 saturated heterocycles. The second-order valence-corrected chi connectivity index (χ2v) is 15.1. The summed E-state index contributed by atoms with van der Waals surface area (Å²) in [5.74, 6) is 0. The van der Waals surface area contributed by atoms with E-state index in [4.69, 9.17) is 0 Å². The number of fused-ring (bicyclic) bond motifs is 7. The summed E-state index contributed by atoms with van der Waals surface area (Å²) in [6.07, 6.45) is 0. The van der Waals surface area contributed by atoms with Crippen LogP contribution in [-0.4, -0.2) is 0 Å². The van der Waals surface area contributed by atoms with Gasteiger partial charge in [-0.2, -0.15) is 0 Å². The molecule has 11 rings (SSSR count). The predicted octanol–water partition coefficient (Wildman–Crippen LogP) is 15.3. The van der Waals surface area contributed by atoms with Crippen LogP contribution in [0.15, 0.2) is 194 Å². The van der Waals surface area contributed by atoms with Gasteiger partial charge in [0.15, 0.2) is 0 Å². The normalized spacial score (nSPS) is 11.8. The summed E-state index contributed by atoms with van der Waals surface area (Å²) in [4.78, 5) is 0. The van der Waals surface area contributed by atoms with Gasteiger partial charge in [-0.3, -0.25) is 0 Å². The molecule has 0 radical (unpaired) electrons. The Balaban J connectivity index is 1.12. The Labute approximate surface area is 311 Å². The molecular weight excluding hydrogens is 657 g/mol. The molecule has 0 amide bonds. The first-order chi connectivity index (χ1) is 26.3. The molecule has 10 aromatic carbocycles. The van der Waals surface area contributed by atoms with Gasteiger partial charge in [-0.25, -0.2) is 0 Å². The third-order valence-corrected chi connectivity index (χ3v) is 12.1. The summed E-state index contributed by atoms with van der Waals surface area (Å²) in [6.45, 7) is 0. The lowest BCUT2D eigenvalue weighted by Crippen LogP contribution is -1.91. The Hall–Kier alpha value is -6.54. The molecule has 0 fully saturated rings. The van der Waals surface area contributed by atoms with E-state index in [0.29, 0.717) is 0 Å². The molecule has 11 aromatic rings. The molecule has 0 bridgehead atoms. The summed E-state index contributed by atoms with van der Waals surface area (Å²) < 4.78 is 2.66. The lowest BCUT2D eigenvalue weighted by atomic mass is 9.85. The zero-order valence-corrected chi connectivity index (χ0v) is 29.7. The lowest BCUT2D eigenvalue weighted by molar-refractivity contribution is 1.63. The van der Waals surface area contributed by atoms with E-state index in [1.807, 2.05) is 11.3 Å². The molecule has 0 aliphatic carbocycles. The second kappa shape index (κ2) is 12.0. The molecule has 53 heavy (non-hydrogen) atoms. The third-order valence-electron chi connectivity index (χ3n) is 11.0. The summed E-state index contributed by atoms with van der Waals surface area (Å²) >= 11 is 1.89. The second-order valence-electron chi connectivity index (χ2n) is 14.0. The highest BCUT2D eigenvalue weighted by Crippen LogP contribution is 2.46. The molecule has 0 nitrogen and oxygen atoms in total. The number of benzene rings is 10. The van der Waals surface area contributed by atoms with Crippen LogP contribution in [0.3, 0.4) is 0 Å². The van der Waals surface area contributed by atoms with E-state index >= 15 is 0 Å². The van der Waals surface area contributed by atoms with Gasteiger partial charge in [0.2, 0.25) is 0 Å². The average molecular weight is 689 g/mol. The number of rotatable bonds is 4. The highest BCUT2D eigenvalue weighted by Gasteiger charge is 2.18. The van der Waals surface area contributed by atoms with Crippen molar-refractivity contribution in [2.24, 2.45) is 0 Å². The van der Waals surface area contributed by atoms with Gasteiger partial charge in [-0.05, 0) is 124 Å². The van der Waals surface area contributed by atoms with Crippen LogP contribution in [0.5, 0.6) is 0 Å². The van der Waals surface area contributed by atoms with Crippen LogP contribution in [0.1, 0.15) is 0 Å². The Morgan fingerprint density at radius 3 is 1.53 bits per heavy atom. The van der Waals surface area contributed by atoms with E-state index in [1.165, 1.54) is 108 Å². The first kappa shape index (κ1) is 30.1. The van der Waals surface area contributed by atoms with E-state index in [1.54, 1.807) is 0 Å². The molecule has 0 unspecified atom stereocenters. The largest absolute Gasteiger partial charge is 0.135 e. The van der Waals surface area contributed by atoms with E-state index in [-0.39, 0.29) is 0 Å². The zero-order valence-electron chi connectivity index (χ0n) is 28.9. The number of hydrogen-bond donors (Lipinski definition) is 0. The molecule has 0 aliphatic rings. The van der Waals surface area contributed by atoms with Crippen molar-refractivity contribution in [1.29, 1.82) is 0 Å². The van der Waals surface area contributed by atoms with Crippen LogP contribution in [0.2, 0.25) is 0 Å². The summed E-state index contributed by atoms with van der Waals surface area (Å²) in [6, 6.07) is 71.8. The molecule has 1 heteroatoms. The minimum atomic E-state index is 1.23. The van der Waals surface area contributed by atoms with Crippen molar-refractivity contribution in [3.05, 3.63) is 194 Å². The van der Waals surface area contributed by atoms with Crippen molar-refractivity contribution in [2.75, 3.05) is 0 Å². The lowest BCUT2D eigenvalue weighted by Gasteiger charge is -2.18. The first-order valence-electron chi connectivity index (χ1n) is 18.2. The van der Waals surface area contributed by atoms with Crippen molar-refractivity contribution < 1.29 is 0 Å². The topological polar surface area (TPSA) is 0 Å². The van der Waals surface area contributed by atoms with E-state index in [0.717, 1.165) is 0 Å². The minimum absolute atomic E-state index is 1.23. The van der Waals surface area contributed by atoms with Gasteiger partial charge in [0.05, 0.1) is 0 Å². The maximum absolute atomic E-state index is 2.41. The van der Waals surface area contributed by atoms with E-state index in [9.17, 15) is 0 Å². The van der Waals surface area contributed by atoms with Crippen LogP contribution < -0.4 is 0 Å². The van der Waals surface area contributed by atoms with Gasteiger partial charge < -0.3 is 0 Å². The molecule has 246 valence electrons. The van der Waals surface area contributed by atoms with Gasteiger partial charge in [-0.15, -0.1) is 11.3 Å². The van der Waals surface area contributed by atoms with Crippen LogP contribution in [0.4, 0.5) is 0 Å². The van der Waals surface area contributed by atoms with Crippen LogP contribution >= 0.6 is 11.3 Å². The summed E-state index contributed by atoms with van der Waals surface area (Å²) in [5, 5.41) is 12.8. The van der Waals surface area contributed by atoms with Gasteiger partial charge in [0.25, 0.3) is 0 Å². The van der Waals surface area contributed by atoms with Gasteiger partial charge in [0.1, 0.15) is 0 Å². The Morgan fingerprint density at radius 2 is 0.811 bits per heavy atom. The molecule has 0 aliphatic heterocycles. The predicted molar refractivity (Wildman–Crippen MR) is 231 cm³/mol. The molecule has 0 atom stereocenters. The first-order valence-corrected chi connectivity index (χ1v) is 19.1. The molecule has 0 spiro atoms. The van der Waals surface area contributed by atoms with Crippen LogP contribution in [-0.2, 0) is 0 Å². The highest BCUT2D eigenvalue weighted by atomic mass is 32.1. The fourth-order valence-electron chi connectivity index (χ4n) is 8.56. The third kappa shape index (κ3) is 4.89. The fourth-order valence-corrected chi connectivity index (χ4v) is 9.72. The fraction of sp³-hybridized carbons (Fsp3) is 0. The standard InChI is InChI=1S/C52H32S/c1-2-12-33(13-3-1)37-26-24-34-25-27-40(30-41(34)28-37)51-45-20-8-6-18-43(45)50(44-19-7-9-21-46(44)51)39-17-10-16-38(29-39)42-22-11-23-48-52(42)47-31-35-14-4-5-15-36(35)32-49(47)53-48/h1-32H. The smallest absolute Gasteiger partial charge is 0.0362 e. The molecule has 1 aromatic heterocycles. The molecule has 0 N–H and O–H groups in total.